The third kappa shape index (κ3) is 4.02. The fourth-order valence-corrected chi connectivity index (χ4v) is 2.92. The number of hydrogen-bond donors (Lipinski definition) is 2. The highest BCUT2D eigenvalue weighted by Crippen LogP contribution is 2.20. The maximum atomic E-state index is 12.4. The Balaban J connectivity index is 1.54. The average molecular weight is 359 g/mol. The molecular formula is C18H21N3O5. The SMILES string of the molecule is Cc1ccnn1CCC(=O)N1C[C@@H](O)[C@H](Oc2ccc(C(=O)O)cc2)C1. The summed E-state index contributed by atoms with van der Waals surface area (Å²) in [4.78, 5) is 24.8. The van der Waals surface area contributed by atoms with Crippen molar-refractivity contribution in [1.29, 1.82) is 0 Å². The Labute approximate surface area is 150 Å². The van der Waals surface area contributed by atoms with Gasteiger partial charge < -0.3 is 19.8 Å². The highest BCUT2D eigenvalue weighted by Gasteiger charge is 2.35. The second-order valence-electron chi connectivity index (χ2n) is 6.30. The van der Waals surface area contributed by atoms with E-state index >= 15 is 0 Å². The van der Waals surface area contributed by atoms with Gasteiger partial charge in [-0.3, -0.25) is 9.48 Å². The molecule has 8 nitrogen and oxygen atoms in total. The summed E-state index contributed by atoms with van der Waals surface area (Å²) >= 11 is 0. The van der Waals surface area contributed by atoms with Crippen molar-refractivity contribution >= 4 is 11.9 Å². The van der Waals surface area contributed by atoms with Gasteiger partial charge >= 0.3 is 5.97 Å². The van der Waals surface area contributed by atoms with Crippen LogP contribution in [0.3, 0.4) is 0 Å². The number of aliphatic hydroxyl groups is 1. The van der Waals surface area contributed by atoms with E-state index in [1.54, 1.807) is 27.9 Å². The van der Waals surface area contributed by atoms with Crippen LogP contribution in [0.5, 0.6) is 5.75 Å². The Morgan fingerprint density at radius 3 is 2.58 bits per heavy atom. The van der Waals surface area contributed by atoms with Crippen molar-refractivity contribution in [2.45, 2.75) is 32.1 Å². The van der Waals surface area contributed by atoms with Crippen LogP contribution in [-0.4, -0.2) is 62.1 Å². The van der Waals surface area contributed by atoms with Crippen molar-refractivity contribution in [2.75, 3.05) is 13.1 Å². The maximum Gasteiger partial charge on any atom is 0.335 e. The predicted octanol–water partition coefficient (Wildman–Crippen LogP) is 0.931. The van der Waals surface area contributed by atoms with Gasteiger partial charge in [-0.15, -0.1) is 0 Å². The first-order chi connectivity index (χ1) is 12.4. The van der Waals surface area contributed by atoms with Gasteiger partial charge in [0.15, 0.2) is 0 Å². The molecule has 1 fully saturated rings. The Kier molecular flexibility index (Phi) is 5.22. The number of aromatic nitrogens is 2. The number of nitrogens with zero attached hydrogens (tertiary/aromatic N) is 3. The number of hydrogen-bond acceptors (Lipinski definition) is 5. The summed E-state index contributed by atoms with van der Waals surface area (Å²) < 4.78 is 7.48. The first kappa shape index (κ1) is 17.9. The molecule has 1 aliphatic heterocycles. The van der Waals surface area contributed by atoms with Crippen LogP contribution in [0.1, 0.15) is 22.5 Å². The summed E-state index contributed by atoms with van der Waals surface area (Å²) in [5, 5.41) is 23.2. The standard InChI is InChI=1S/C18H21N3O5/c1-12-6-8-19-21(12)9-7-17(23)20-10-15(22)16(11-20)26-14-4-2-13(3-5-14)18(24)25/h2-6,8,15-16,22H,7,9-11H2,1H3,(H,24,25)/t15-,16-/m1/s1. The molecule has 0 unspecified atom stereocenters. The van der Waals surface area contributed by atoms with E-state index in [-0.39, 0.29) is 18.0 Å². The van der Waals surface area contributed by atoms with Gasteiger partial charge in [0.2, 0.25) is 5.91 Å². The minimum Gasteiger partial charge on any atom is -0.486 e. The largest absolute Gasteiger partial charge is 0.486 e. The zero-order valence-electron chi connectivity index (χ0n) is 14.4. The summed E-state index contributed by atoms with van der Waals surface area (Å²) in [6.45, 7) is 2.93. The van der Waals surface area contributed by atoms with Gasteiger partial charge in [0.05, 0.1) is 18.7 Å². The molecule has 0 radical (unpaired) electrons. The number of likely N-dealkylation sites (tertiary alicyclic amines) is 1. The Hall–Kier alpha value is -2.87. The fourth-order valence-electron chi connectivity index (χ4n) is 2.92. The fraction of sp³-hybridized carbons (Fsp3) is 0.389. The number of aliphatic hydroxyl groups excluding tert-OH is 1. The molecule has 0 bridgehead atoms. The van der Waals surface area contributed by atoms with Gasteiger partial charge in [-0.25, -0.2) is 4.79 Å². The molecule has 2 atom stereocenters. The van der Waals surface area contributed by atoms with Gasteiger partial charge in [0.1, 0.15) is 18.0 Å². The van der Waals surface area contributed by atoms with Gasteiger partial charge in [0, 0.05) is 24.9 Å². The van der Waals surface area contributed by atoms with Gasteiger partial charge in [-0.1, -0.05) is 0 Å². The van der Waals surface area contributed by atoms with Crippen LogP contribution in [0.4, 0.5) is 0 Å². The lowest BCUT2D eigenvalue weighted by Crippen LogP contribution is -2.31. The molecule has 1 aromatic carbocycles. The smallest absolute Gasteiger partial charge is 0.335 e. The number of carbonyl (C=O) groups excluding carboxylic acids is 1. The molecule has 1 saturated heterocycles. The molecule has 1 aromatic heterocycles. The van der Waals surface area contributed by atoms with E-state index in [9.17, 15) is 14.7 Å². The number of β-amino-alcohol motifs (C(OH)–C–C–N with tert-alkyl or cyclic N) is 1. The molecule has 8 heteroatoms. The summed E-state index contributed by atoms with van der Waals surface area (Å²) in [5.74, 6) is -0.617. The van der Waals surface area contributed by atoms with E-state index in [1.807, 2.05) is 13.0 Å². The molecule has 2 heterocycles. The molecule has 0 aliphatic carbocycles. The van der Waals surface area contributed by atoms with Crippen molar-refractivity contribution in [3.05, 3.63) is 47.8 Å². The molecule has 2 aromatic rings. The lowest BCUT2D eigenvalue weighted by atomic mass is 10.2. The normalized spacial score (nSPS) is 19.5. The molecule has 26 heavy (non-hydrogen) atoms. The molecule has 1 aliphatic rings. The van der Waals surface area contributed by atoms with Crippen LogP contribution in [0.2, 0.25) is 0 Å². The Morgan fingerprint density at radius 1 is 1.23 bits per heavy atom. The molecule has 1 amide bonds. The summed E-state index contributed by atoms with van der Waals surface area (Å²) in [7, 11) is 0. The number of amides is 1. The van der Waals surface area contributed by atoms with Crippen LogP contribution < -0.4 is 4.74 Å². The number of rotatable bonds is 6. The molecule has 2 N–H and O–H groups in total. The van der Waals surface area contributed by atoms with E-state index in [4.69, 9.17) is 9.84 Å². The highest BCUT2D eigenvalue weighted by molar-refractivity contribution is 5.87. The predicted molar refractivity (Wildman–Crippen MR) is 92.0 cm³/mol. The molecule has 0 saturated carbocycles. The highest BCUT2D eigenvalue weighted by atomic mass is 16.5. The number of aryl methyl sites for hydroxylation is 2. The lowest BCUT2D eigenvalue weighted by Gasteiger charge is -2.17. The van der Waals surface area contributed by atoms with Gasteiger partial charge in [0.25, 0.3) is 0 Å². The van der Waals surface area contributed by atoms with Crippen molar-refractivity contribution in [3.8, 4) is 5.75 Å². The second kappa shape index (κ2) is 7.57. The molecule has 0 spiro atoms. The zero-order valence-corrected chi connectivity index (χ0v) is 14.4. The average Bonchev–Trinajstić information content (AvgIpc) is 3.19. The summed E-state index contributed by atoms with van der Waals surface area (Å²) in [6, 6.07) is 7.84. The van der Waals surface area contributed by atoms with Crippen LogP contribution in [0, 0.1) is 6.92 Å². The van der Waals surface area contributed by atoms with Crippen molar-refractivity contribution < 1.29 is 24.5 Å². The van der Waals surface area contributed by atoms with E-state index < -0.39 is 18.2 Å². The van der Waals surface area contributed by atoms with Crippen molar-refractivity contribution in [3.63, 3.8) is 0 Å². The second-order valence-corrected chi connectivity index (χ2v) is 6.30. The zero-order chi connectivity index (χ0) is 18.7. The number of benzene rings is 1. The monoisotopic (exact) mass is 359 g/mol. The molecule has 138 valence electrons. The first-order valence-corrected chi connectivity index (χ1v) is 8.38. The van der Waals surface area contributed by atoms with Crippen LogP contribution in [0.15, 0.2) is 36.5 Å². The number of carbonyl (C=O) groups is 2. The third-order valence-electron chi connectivity index (χ3n) is 4.44. The third-order valence-corrected chi connectivity index (χ3v) is 4.44. The number of ether oxygens (including phenoxy) is 1. The Morgan fingerprint density at radius 2 is 1.96 bits per heavy atom. The van der Waals surface area contributed by atoms with E-state index in [1.165, 1.54) is 12.1 Å². The van der Waals surface area contributed by atoms with Crippen molar-refractivity contribution in [2.24, 2.45) is 0 Å². The maximum absolute atomic E-state index is 12.4. The van der Waals surface area contributed by atoms with Gasteiger partial charge in [-0.05, 0) is 37.3 Å². The Bertz CT molecular complexity index is 786. The quantitative estimate of drug-likeness (QED) is 0.795. The lowest BCUT2D eigenvalue weighted by molar-refractivity contribution is -0.130. The summed E-state index contributed by atoms with van der Waals surface area (Å²) in [5.41, 5.74) is 1.15. The molecule has 3 rings (SSSR count). The minimum atomic E-state index is -1.01. The minimum absolute atomic E-state index is 0.0636. The van der Waals surface area contributed by atoms with Gasteiger partial charge in [-0.2, -0.15) is 5.10 Å². The first-order valence-electron chi connectivity index (χ1n) is 8.38. The topological polar surface area (TPSA) is 105 Å². The molecular weight excluding hydrogens is 338 g/mol. The van der Waals surface area contributed by atoms with E-state index in [2.05, 4.69) is 5.10 Å². The van der Waals surface area contributed by atoms with Crippen LogP contribution >= 0.6 is 0 Å². The number of aromatic carboxylic acids is 1. The van der Waals surface area contributed by atoms with Crippen LogP contribution in [0.25, 0.3) is 0 Å². The number of carboxylic acids is 1. The van der Waals surface area contributed by atoms with E-state index in [0.717, 1.165) is 5.69 Å². The number of carboxylic acid groups (broad SMARTS) is 1. The summed E-state index contributed by atoms with van der Waals surface area (Å²) in [6.07, 6.45) is 0.666. The van der Waals surface area contributed by atoms with E-state index in [0.29, 0.717) is 25.3 Å². The van der Waals surface area contributed by atoms with Crippen LogP contribution in [-0.2, 0) is 11.3 Å². The van der Waals surface area contributed by atoms with Crippen molar-refractivity contribution in [1.82, 2.24) is 14.7 Å².